The molecule has 1 N–H and O–H groups in total. The fourth-order valence-corrected chi connectivity index (χ4v) is 5.40. The minimum absolute atomic E-state index is 0.0467. The zero-order chi connectivity index (χ0) is 18.7. The number of sulfonamides is 1. The van der Waals surface area contributed by atoms with E-state index in [1.54, 1.807) is 24.3 Å². The van der Waals surface area contributed by atoms with E-state index < -0.39 is 10.0 Å². The van der Waals surface area contributed by atoms with Crippen LogP contribution in [0.2, 0.25) is 5.02 Å². The molecule has 5 nitrogen and oxygen atoms in total. The van der Waals surface area contributed by atoms with Crippen molar-refractivity contribution in [3.63, 3.8) is 0 Å². The van der Waals surface area contributed by atoms with Crippen LogP contribution >= 0.6 is 27.5 Å². The van der Waals surface area contributed by atoms with E-state index in [2.05, 4.69) is 21.2 Å². The Hall–Kier alpha value is -1.41. The molecule has 2 aromatic carbocycles. The van der Waals surface area contributed by atoms with Gasteiger partial charge in [-0.15, -0.1) is 0 Å². The molecule has 1 heterocycles. The van der Waals surface area contributed by atoms with Gasteiger partial charge in [0, 0.05) is 29.2 Å². The Morgan fingerprint density at radius 1 is 1.12 bits per heavy atom. The first-order valence-corrected chi connectivity index (χ1v) is 10.8. The largest absolute Gasteiger partial charge is 0.349 e. The zero-order valence-electron chi connectivity index (χ0n) is 13.9. The lowest BCUT2D eigenvalue weighted by atomic mass is 10.1. The number of rotatable bonds is 4. The van der Waals surface area contributed by atoms with Crippen LogP contribution in [0.15, 0.2) is 57.9 Å². The normalized spacial score (nSPS) is 16.4. The second-order valence-corrected chi connectivity index (χ2v) is 9.32. The van der Waals surface area contributed by atoms with Gasteiger partial charge in [0.15, 0.2) is 0 Å². The van der Waals surface area contributed by atoms with Crippen LogP contribution in [0, 0.1) is 0 Å². The van der Waals surface area contributed by atoms with Gasteiger partial charge in [-0.1, -0.05) is 45.7 Å². The highest BCUT2D eigenvalue weighted by Crippen LogP contribution is 2.29. The molecule has 0 radical (unpaired) electrons. The number of carbonyl (C=O) groups excluding carboxylic acids is 1. The quantitative estimate of drug-likeness (QED) is 0.761. The lowest BCUT2D eigenvalue weighted by Gasteiger charge is -2.31. The Labute approximate surface area is 166 Å². The average molecular weight is 458 g/mol. The average Bonchev–Trinajstić information content (AvgIpc) is 2.62. The number of benzene rings is 2. The van der Waals surface area contributed by atoms with Crippen LogP contribution in [0.25, 0.3) is 0 Å². The van der Waals surface area contributed by atoms with Crippen LogP contribution in [-0.4, -0.2) is 37.8 Å². The third-order valence-corrected chi connectivity index (χ3v) is 7.21. The van der Waals surface area contributed by atoms with Crippen molar-refractivity contribution in [3.05, 3.63) is 63.6 Å². The van der Waals surface area contributed by atoms with Crippen molar-refractivity contribution in [2.45, 2.75) is 23.8 Å². The molecular weight excluding hydrogens is 440 g/mol. The summed E-state index contributed by atoms with van der Waals surface area (Å²) in [5.74, 6) is -0.136. The van der Waals surface area contributed by atoms with Crippen LogP contribution in [-0.2, 0) is 10.0 Å². The summed E-state index contributed by atoms with van der Waals surface area (Å²) in [6, 6.07) is 13.7. The molecule has 0 bridgehead atoms. The van der Waals surface area contributed by atoms with Gasteiger partial charge >= 0.3 is 0 Å². The van der Waals surface area contributed by atoms with Gasteiger partial charge in [-0.25, -0.2) is 8.42 Å². The molecule has 2 aromatic rings. The summed E-state index contributed by atoms with van der Waals surface area (Å²) in [6.45, 7) is 0.683. The first-order chi connectivity index (χ1) is 12.4. The Bertz CT molecular complexity index is 898. The van der Waals surface area contributed by atoms with Crippen molar-refractivity contribution in [2.24, 2.45) is 0 Å². The topological polar surface area (TPSA) is 66.5 Å². The van der Waals surface area contributed by atoms with E-state index >= 15 is 0 Å². The van der Waals surface area contributed by atoms with E-state index in [9.17, 15) is 13.2 Å². The molecule has 0 aromatic heterocycles. The van der Waals surface area contributed by atoms with Crippen molar-refractivity contribution in [2.75, 3.05) is 13.1 Å². The Balaban J connectivity index is 1.63. The fraction of sp³-hybridized carbons (Fsp3) is 0.278. The van der Waals surface area contributed by atoms with E-state index in [0.29, 0.717) is 31.5 Å². The summed E-state index contributed by atoms with van der Waals surface area (Å²) < 4.78 is 27.8. The standard InChI is InChI=1S/C18H18BrClN2O3S/c19-14-6-7-17(16(20)12-14)26(24,25)22-10-8-15(9-11-22)21-18(23)13-4-2-1-3-5-13/h1-7,12,15H,8-11H2,(H,21,23). The number of amides is 1. The van der Waals surface area contributed by atoms with Crippen LogP contribution in [0.4, 0.5) is 0 Å². The van der Waals surface area contributed by atoms with Gasteiger partial charge in [0.05, 0.1) is 5.02 Å². The van der Waals surface area contributed by atoms with Gasteiger partial charge in [0.2, 0.25) is 10.0 Å². The molecular formula is C18H18BrClN2O3S. The highest BCUT2D eigenvalue weighted by Gasteiger charge is 2.31. The Kier molecular flexibility index (Phi) is 6.02. The van der Waals surface area contributed by atoms with E-state index in [1.165, 1.54) is 10.4 Å². The summed E-state index contributed by atoms with van der Waals surface area (Å²) in [5.41, 5.74) is 0.601. The molecule has 1 saturated heterocycles. The maximum atomic E-state index is 12.8. The monoisotopic (exact) mass is 456 g/mol. The first-order valence-electron chi connectivity index (χ1n) is 8.19. The molecule has 1 amide bonds. The smallest absolute Gasteiger partial charge is 0.251 e. The third-order valence-electron chi connectivity index (χ3n) is 4.34. The van der Waals surface area contributed by atoms with Crippen molar-refractivity contribution in [3.8, 4) is 0 Å². The minimum Gasteiger partial charge on any atom is -0.349 e. The van der Waals surface area contributed by atoms with E-state index in [1.807, 2.05) is 18.2 Å². The number of nitrogens with zero attached hydrogens (tertiary/aromatic N) is 1. The van der Waals surface area contributed by atoms with Gasteiger partial charge in [-0.3, -0.25) is 4.79 Å². The van der Waals surface area contributed by atoms with Crippen molar-refractivity contribution < 1.29 is 13.2 Å². The molecule has 1 aliphatic heterocycles. The summed E-state index contributed by atoms with van der Waals surface area (Å²) in [7, 11) is -3.65. The van der Waals surface area contributed by atoms with Crippen LogP contribution in [0.3, 0.4) is 0 Å². The van der Waals surface area contributed by atoms with Crippen LogP contribution < -0.4 is 5.32 Å². The molecule has 1 aliphatic rings. The van der Waals surface area contributed by atoms with Gasteiger partial charge in [-0.2, -0.15) is 4.31 Å². The summed E-state index contributed by atoms with van der Waals surface area (Å²) in [5, 5.41) is 3.17. The Morgan fingerprint density at radius 2 is 1.77 bits per heavy atom. The summed E-state index contributed by atoms with van der Waals surface area (Å²) in [4.78, 5) is 12.3. The highest BCUT2D eigenvalue weighted by atomic mass is 79.9. The first kappa shape index (κ1) is 19.4. The molecule has 0 atom stereocenters. The molecule has 0 saturated carbocycles. The van der Waals surface area contributed by atoms with Crippen LogP contribution in [0.5, 0.6) is 0 Å². The molecule has 138 valence electrons. The molecule has 3 rings (SSSR count). The second kappa shape index (κ2) is 8.08. The zero-order valence-corrected chi connectivity index (χ0v) is 17.0. The summed E-state index contributed by atoms with van der Waals surface area (Å²) >= 11 is 9.38. The van der Waals surface area contributed by atoms with Gasteiger partial charge in [0.25, 0.3) is 5.91 Å². The molecule has 8 heteroatoms. The number of hydrogen-bond acceptors (Lipinski definition) is 3. The SMILES string of the molecule is O=C(NC1CCN(S(=O)(=O)c2ccc(Br)cc2Cl)CC1)c1ccccc1. The van der Waals surface area contributed by atoms with Gasteiger partial charge in [-0.05, 0) is 43.2 Å². The summed E-state index contributed by atoms with van der Waals surface area (Å²) in [6.07, 6.45) is 1.12. The molecule has 0 unspecified atom stereocenters. The molecule has 26 heavy (non-hydrogen) atoms. The predicted octanol–water partition coefficient (Wildman–Crippen LogP) is 3.69. The highest BCUT2D eigenvalue weighted by molar-refractivity contribution is 9.10. The maximum Gasteiger partial charge on any atom is 0.251 e. The van der Waals surface area contributed by atoms with E-state index in [-0.39, 0.29) is 21.9 Å². The lowest BCUT2D eigenvalue weighted by Crippen LogP contribution is -2.46. The van der Waals surface area contributed by atoms with Crippen molar-refractivity contribution in [1.82, 2.24) is 9.62 Å². The predicted molar refractivity (Wildman–Crippen MR) is 105 cm³/mol. The fourth-order valence-electron chi connectivity index (χ4n) is 2.92. The van der Waals surface area contributed by atoms with Crippen molar-refractivity contribution >= 4 is 43.5 Å². The lowest BCUT2D eigenvalue weighted by molar-refractivity contribution is 0.0924. The molecule has 0 aliphatic carbocycles. The third kappa shape index (κ3) is 4.28. The van der Waals surface area contributed by atoms with E-state index in [4.69, 9.17) is 11.6 Å². The number of halogens is 2. The van der Waals surface area contributed by atoms with Crippen molar-refractivity contribution in [1.29, 1.82) is 0 Å². The van der Waals surface area contributed by atoms with E-state index in [0.717, 1.165) is 4.47 Å². The second-order valence-electron chi connectivity index (χ2n) is 6.09. The maximum absolute atomic E-state index is 12.8. The molecule has 1 fully saturated rings. The van der Waals surface area contributed by atoms with Crippen LogP contribution in [0.1, 0.15) is 23.2 Å². The number of carbonyl (C=O) groups is 1. The number of hydrogen-bond donors (Lipinski definition) is 1. The van der Waals surface area contributed by atoms with Gasteiger partial charge < -0.3 is 5.32 Å². The van der Waals surface area contributed by atoms with Gasteiger partial charge in [0.1, 0.15) is 4.90 Å². The minimum atomic E-state index is -3.65. The number of nitrogens with one attached hydrogen (secondary N) is 1. The molecule has 0 spiro atoms. The number of piperidine rings is 1. The Morgan fingerprint density at radius 3 is 2.38 bits per heavy atom.